The number of phenolic OH excluding ortho intramolecular Hbond substituents is 3. The molecule has 0 amide bonds. The molecule has 14 heavy (non-hydrogen) atoms. The van der Waals surface area contributed by atoms with Crippen LogP contribution in [0, 0.1) is 13.8 Å². The van der Waals surface area contributed by atoms with E-state index in [-0.39, 0.29) is 22.8 Å². The van der Waals surface area contributed by atoms with Crippen molar-refractivity contribution in [1.82, 2.24) is 0 Å². The lowest BCUT2D eigenvalue weighted by Crippen LogP contribution is -2.05. The number of nitrogens with two attached hydrogens (primary N) is 1. The van der Waals surface area contributed by atoms with Gasteiger partial charge in [0.25, 0.3) is 0 Å². The van der Waals surface area contributed by atoms with Gasteiger partial charge in [0, 0.05) is 16.7 Å². The Kier molecular flexibility index (Phi) is 2.86. The van der Waals surface area contributed by atoms with E-state index in [1.54, 1.807) is 13.8 Å². The Balaban J connectivity index is 3.43. The Hall–Kier alpha value is -1.42. The molecule has 0 atom stereocenters. The molecule has 1 rings (SSSR count). The first-order valence-electron chi connectivity index (χ1n) is 4.43. The molecule has 0 fully saturated rings. The maximum atomic E-state index is 9.69. The molecule has 0 heterocycles. The minimum atomic E-state index is -0.263. The van der Waals surface area contributed by atoms with Gasteiger partial charge in [-0.1, -0.05) is 0 Å². The SMILES string of the molecule is Cc1c(O)c(O)c(C)c(CCN)c1O. The predicted molar refractivity (Wildman–Crippen MR) is 53.7 cm³/mol. The van der Waals surface area contributed by atoms with Crippen LogP contribution in [-0.2, 0) is 6.42 Å². The van der Waals surface area contributed by atoms with Crippen LogP contribution < -0.4 is 5.73 Å². The van der Waals surface area contributed by atoms with Crippen LogP contribution >= 0.6 is 0 Å². The Morgan fingerprint density at radius 2 is 1.43 bits per heavy atom. The van der Waals surface area contributed by atoms with Crippen LogP contribution in [0.4, 0.5) is 0 Å². The first-order chi connectivity index (χ1) is 6.50. The summed E-state index contributed by atoms with van der Waals surface area (Å²) in [6.07, 6.45) is 0.479. The van der Waals surface area contributed by atoms with Crippen molar-refractivity contribution in [2.75, 3.05) is 6.54 Å². The summed E-state index contributed by atoms with van der Waals surface area (Å²) in [6, 6.07) is 0. The average molecular weight is 197 g/mol. The first kappa shape index (κ1) is 10.7. The molecule has 0 aliphatic carbocycles. The zero-order valence-corrected chi connectivity index (χ0v) is 8.33. The maximum absolute atomic E-state index is 9.69. The third kappa shape index (κ3) is 1.48. The van der Waals surface area contributed by atoms with Crippen molar-refractivity contribution in [2.24, 2.45) is 5.73 Å². The number of phenols is 3. The second-order valence-electron chi connectivity index (χ2n) is 3.31. The van der Waals surface area contributed by atoms with Gasteiger partial charge in [-0.3, -0.25) is 0 Å². The van der Waals surface area contributed by atoms with Gasteiger partial charge in [-0.15, -0.1) is 0 Å². The smallest absolute Gasteiger partial charge is 0.164 e. The molecule has 0 aliphatic rings. The van der Waals surface area contributed by atoms with E-state index >= 15 is 0 Å². The quantitative estimate of drug-likeness (QED) is 0.419. The zero-order valence-electron chi connectivity index (χ0n) is 8.33. The molecule has 0 bridgehead atoms. The van der Waals surface area contributed by atoms with Gasteiger partial charge in [0.15, 0.2) is 11.5 Å². The highest BCUT2D eigenvalue weighted by Crippen LogP contribution is 2.41. The van der Waals surface area contributed by atoms with Crippen molar-refractivity contribution in [2.45, 2.75) is 20.3 Å². The second kappa shape index (κ2) is 3.75. The van der Waals surface area contributed by atoms with Crippen molar-refractivity contribution in [3.05, 3.63) is 16.7 Å². The topological polar surface area (TPSA) is 86.7 Å². The van der Waals surface area contributed by atoms with E-state index in [1.807, 2.05) is 0 Å². The van der Waals surface area contributed by atoms with Crippen LogP contribution in [0.5, 0.6) is 17.2 Å². The number of hydrogen-bond donors (Lipinski definition) is 4. The molecule has 0 aliphatic heterocycles. The molecule has 0 spiro atoms. The summed E-state index contributed by atoms with van der Waals surface area (Å²) >= 11 is 0. The highest BCUT2D eigenvalue weighted by Gasteiger charge is 2.17. The summed E-state index contributed by atoms with van der Waals surface area (Å²) < 4.78 is 0. The summed E-state index contributed by atoms with van der Waals surface area (Å²) in [6.45, 7) is 3.57. The van der Waals surface area contributed by atoms with E-state index in [2.05, 4.69) is 0 Å². The van der Waals surface area contributed by atoms with Crippen molar-refractivity contribution < 1.29 is 15.3 Å². The van der Waals surface area contributed by atoms with Crippen molar-refractivity contribution in [1.29, 1.82) is 0 Å². The Labute approximate surface area is 82.6 Å². The van der Waals surface area contributed by atoms with Gasteiger partial charge in [-0.05, 0) is 26.8 Å². The lowest BCUT2D eigenvalue weighted by atomic mass is 9.99. The van der Waals surface area contributed by atoms with Gasteiger partial charge in [-0.2, -0.15) is 0 Å². The number of aromatic hydroxyl groups is 3. The number of rotatable bonds is 2. The van der Waals surface area contributed by atoms with Gasteiger partial charge < -0.3 is 21.1 Å². The molecule has 0 radical (unpaired) electrons. The fraction of sp³-hybridized carbons (Fsp3) is 0.400. The molecule has 1 aromatic carbocycles. The largest absolute Gasteiger partial charge is 0.507 e. The molecule has 4 nitrogen and oxygen atoms in total. The molecular formula is C10H15NO3. The van der Waals surface area contributed by atoms with Crippen molar-refractivity contribution in [3.8, 4) is 17.2 Å². The Morgan fingerprint density at radius 1 is 0.929 bits per heavy atom. The minimum absolute atomic E-state index is 0.0169. The molecule has 5 N–H and O–H groups in total. The van der Waals surface area contributed by atoms with Crippen LogP contribution in [0.3, 0.4) is 0 Å². The number of hydrogen-bond acceptors (Lipinski definition) is 4. The first-order valence-corrected chi connectivity index (χ1v) is 4.43. The summed E-state index contributed by atoms with van der Waals surface area (Å²) in [5, 5.41) is 28.6. The molecule has 0 saturated carbocycles. The third-order valence-corrected chi connectivity index (χ3v) is 2.42. The van der Waals surface area contributed by atoms with Gasteiger partial charge in [-0.25, -0.2) is 0 Å². The predicted octanol–water partition coefficient (Wildman–Crippen LogP) is 0.921. The fourth-order valence-electron chi connectivity index (χ4n) is 1.46. The van der Waals surface area contributed by atoms with E-state index in [1.165, 1.54) is 0 Å². The van der Waals surface area contributed by atoms with Crippen LogP contribution in [-0.4, -0.2) is 21.9 Å². The monoisotopic (exact) mass is 197 g/mol. The van der Waals surface area contributed by atoms with Crippen LogP contribution in [0.15, 0.2) is 0 Å². The lowest BCUT2D eigenvalue weighted by molar-refractivity contribution is 0.387. The summed E-state index contributed by atoms with van der Waals surface area (Å²) in [4.78, 5) is 0. The summed E-state index contributed by atoms with van der Waals surface area (Å²) in [5.41, 5.74) is 6.75. The van der Waals surface area contributed by atoms with Crippen LogP contribution in [0.2, 0.25) is 0 Å². The van der Waals surface area contributed by atoms with Crippen LogP contribution in [0.1, 0.15) is 16.7 Å². The Bertz CT molecular complexity index is 332. The maximum Gasteiger partial charge on any atom is 0.164 e. The molecule has 0 aromatic heterocycles. The molecular weight excluding hydrogens is 182 g/mol. The van der Waals surface area contributed by atoms with E-state index in [0.717, 1.165) is 0 Å². The summed E-state index contributed by atoms with van der Waals surface area (Å²) in [5.74, 6) is -0.423. The summed E-state index contributed by atoms with van der Waals surface area (Å²) in [7, 11) is 0. The van der Waals surface area contributed by atoms with Crippen molar-refractivity contribution >= 4 is 0 Å². The standard InChI is InChI=1S/C10H15NO3/c1-5-7(3-4-11)8(12)6(2)10(14)9(5)13/h12-14H,3-4,11H2,1-2H3. The normalized spacial score (nSPS) is 10.5. The molecule has 4 heteroatoms. The van der Waals surface area contributed by atoms with Crippen molar-refractivity contribution in [3.63, 3.8) is 0 Å². The third-order valence-electron chi connectivity index (χ3n) is 2.42. The highest BCUT2D eigenvalue weighted by molar-refractivity contribution is 5.60. The lowest BCUT2D eigenvalue weighted by Gasteiger charge is -2.13. The molecule has 1 aromatic rings. The highest BCUT2D eigenvalue weighted by atomic mass is 16.3. The fourth-order valence-corrected chi connectivity index (χ4v) is 1.46. The average Bonchev–Trinajstić information content (AvgIpc) is 2.19. The van der Waals surface area contributed by atoms with Gasteiger partial charge in [0.05, 0.1) is 0 Å². The van der Waals surface area contributed by atoms with Gasteiger partial charge in [0.2, 0.25) is 0 Å². The van der Waals surface area contributed by atoms with Crippen LogP contribution in [0.25, 0.3) is 0 Å². The van der Waals surface area contributed by atoms with Gasteiger partial charge >= 0.3 is 0 Å². The minimum Gasteiger partial charge on any atom is -0.507 e. The Morgan fingerprint density at radius 3 is 1.93 bits per heavy atom. The second-order valence-corrected chi connectivity index (χ2v) is 3.31. The van der Waals surface area contributed by atoms with Gasteiger partial charge in [0.1, 0.15) is 5.75 Å². The molecule has 0 unspecified atom stereocenters. The van der Waals surface area contributed by atoms with E-state index in [0.29, 0.717) is 24.1 Å². The zero-order chi connectivity index (χ0) is 10.9. The molecule has 0 saturated heterocycles. The molecule has 78 valence electrons. The van der Waals surface area contributed by atoms with E-state index in [9.17, 15) is 15.3 Å². The number of benzene rings is 1. The van der Waals surface area contributed by atoms with E-state index in [4.69, 9.17) is 5.73 Å². The van der Waals surface area contributed by atoms with E-state index < -0.39 is 0 Å².